The van der Waals surface area contributed by atoms with Crippen LogP contribution in [0, 0.1) is 0 Å². The molecule has 0 spiro atoms. The Bertz CT molecular complexity index is 960. The summed E-state index contributed by atoms with van der Waals surface area (Å²) in [5.41, 5.74) is 7.82. The summed E-state index contributed by atoms with van der Waals surface area (Å²) < 4.78 is 9.59. The summed E-state index contributed by atoms with van der Waals surface area (Å²) in [4.78, 5) is 17.7. The lowest BCUT2D eigenvalue weighted by molar-refractivity contribution is 0.0962. The summed E-state index contributed by atoms with van der Waals surface area (Å²) in [7, 11) is 1.60. The predicted molar refractivity (Wildman–Crippen MR) is 122 cm³/mol. The average molecular weight is 445 g/mol. The van der Waals surface area contributed by atoms with E-state index >= 15 is 0 Å². The topological polar surface area (TPSA) is 90.1 Å². The fourth-order valence-corrected chi connectivity index (χ4v) is 3.74. The van der Waals surface area contributed by atoms with Gasteiger partial charge in [0.05, 0.1) is 13.2 Å². The zero-order valence-electron chi connectivity index (χ0n) is 17.0. The van der Waals surface area contributed by atoms with Crippen LogP contribution in [0.3, 0.4) is 0 Å². The van der Waals surface area contributed by atoms with Gasteiger partial charge in [-0.05, 0) is 54.8 Å². The van der Waals surface area contributed by atoms with Crippen molar-refractivity contribution in [3.05, 3.63) is 70.5 Å². The molecular weight excluding hydrogens is 420 g/mol. The molecule has 0 aliphatic heterocycles. The minimum absolute atomic E-state index is 0.0315. The van der Waals surface area contributed by atoms with Crippen molar-refractivity contribution < 1.29 is 9.53 Å². The van der Waals surface area contributed by atoms with E-state index in [4.69, 9.17) is 22.1 Å². The van der Waals surface area contributed by atoms with Gasteiger partial charge in [-0.15, -0.1) is 0 Å². The summed E-state index contributed by atoms with van der Waals surface area (Å²) >= 11 is 7.18. The molecule has 0 saturated heterocycles. The highest BCUT2D eigenvalue weighted by molar-refractivity contribution is 7.09. The molecule has 0 bridgehead atoms. The minimum Gasteiger partial charge on any atom is -0.497 e. The van der Waals surface area contributed by atoms with Gasteiger partial charge in [0, 0.05) is 34.6 Å². The van der Waals surface area contributed by atoms with Crippen molar-refractivity contribution in [3.8, 4) is 5.75 Å². The maximum Gasteiger partial charge on any atom is 0.203 e. The van der Waals surface area contributed by atoms with Gasteiger partial charge in [0.2, 0.25) is 5.13 Å². The second kappa shape index (κ2) is 10.5. The molecule has 0 saturated carbocycles. The number of ether oxygens (including phenoxy) is 1. The summed E-state index contributed by atoms with van der Waals surface area (Å²) in [5.74, 6) is 1.37. The minimum atomic E-state index is -0.482. The Morgan fingerprint density at radius 1 is 1.20 bits per heavy atom. The number of nitrogens with one attached hydrogen (secondary N) is 1. The maximum atomic E-state index is 13.1. The number of aromatic nitrogens is 2. The number of hydrogen-bond donors (Lipinski definition) is 2. The van der Waals surface area contributed by atoms with E-state index in [1.807, 2.05) is 31.2 Å². The van der Waals surface area contributed by atoms with Crippen LogP contribution in [0.1, 0.15) is 41.5 Å². The van der Waals surface area contributed by atoms with Crippen molar-refractivity contribution >= 4 is 34.0 Å². The van der Waals surface area contributed by atoms with Crippen molar-refractivity contribution in [1.82, 2.24) is 9.36 Å². The van der Waals surface area contributed by atoms with Crippen molar-refractivity contribution in [2.45, 2.75) is 38.3 Å². The third-order valence-corrected chi connectivity index (χ3v) is 5.73. The zero-order chi connectivity index (χ0) is 21.5. The van der Waals surface area contributed by atoms with Crippen LogP contribution in [-0.2, 0) is 6.42 Å². The van der Waals surface area contributed by atoms with Gasteiger partial charge in [0.15, 0.2) is 5.78 Å². The van der Waals surface area contributed by atoms with Gasteiger partial charge in [-0.25, -0.2) is 4.98 Å². The van der Waals surface area contributed by atoms with Crippen LogP contribution in [-0.4, -0.2) is 34.3 Å². The number of ketones is 1. The molecule has 1 heterocycles. The lowest BCUT2D eigenvalue weighted by Gasteiger charge is -2.20. The first-order chi connectivity index (χ1) is 14.5. The molecule has 8 heteroatoms. The normalized spacial score (nSPS) is 12.9. The Morgan fingerprint density at radius 2 is 1.90 bits per heavy atom. The molecule has 30 heavy (non-hydrogen) atoms. The van der Waals surface area contributed by atoms with E-state index in [9.17, 15) is 4.79 Å². The molecule has 3 rings (SSSR count). The number of nitrogens with zero attached hydrogens (tertiary/aromatic N) is 2. The molecule has 2 atom stereocenters. The lowest BCUT2D eigenvalue weighted by atomic mass is 9.97. The molecule has 2 unspecified atom stereocenters. The molecule has 0 aliphatic rings. The van der Waals surface area contributed by atoms with Gasteiger partial charge in [-0.2, -0.15) is 4.37 Å². The number of benzene rings is 2. The van der Waals surface area contributed by atoms with Crippen LogP contribution in [0.15, 0.2) is 48.5 Å². The highest BCUT2D eigenvalue weighted by Crippen LogP contribution is 2.21. The van der Waals surface area contributed by atoms with Crippen molar-refractivity contribution in [2.24, 2.45) is 5.73 Å². The molecule has 1 aromatic heterocycles. The van der Waals surface area contributed by atoms with E-state index in [-0.39, 0.29) is 11.8 Å². The first-order valence-corrected chi connectivity index (χ1v) is 10.9. The van der Waals surface area contributed by atoms with E-state index in [1.165, 1.54) is 11.5 Å². The number of halogens is 1. The highest BCUT2D eigenvalue weighted by Gasteiger charge is 2.23. The smallest absolute Gasteiger partial charge is 0.203 e. The summed E-state index contributed by atoms with van der Waals surface area (Å²) in [6.07, 6.45) is 1.89. The fraction of sp³-hybridized carbons (Fsp3) is 0.318. The maximum absolute atomic E-state index is 13.1. The third kappa shape index (κ3) is 6.01. The number of carbonyl (C=O) groups excluding carboxylic acids is 1. The molecule has 158 valence electrons. The van der Waals surface area contributed by atoms with Crippen LogP contribution >= 0.6 is 23.1 Å². The first kappa shape index (κ1) is 22.2. The number of anilines is 1. The standard InChI is InChI=1S/C22H25ClN4O2S/c1-3-17(24)13-19(21(28)15-6-10-18(29-2)11-7-15)25-22-26-20(27-30-22)12-14-4-8-16(23)9-5-14/h4-11,17,19H,3,12-13,24H2,1-2H3,(H,25,26,27). The van der Waals surface area contributed by atoms with Crippen molar-refractivity contribution in [2.75, 3.05) is 12.4 Å². The molecule has 0 amide bonds. The van der Waals surface area contributed by atoms with E-state index in [1.54, 1.807) is 31.4 Å². The average Bonchev–Trinajstić information content (AvgIpc) is 3.21. The van der Waals surface area contributed by atoms with Gasteiger partial charge >= 0.3 is 0 Å². The van der Waals surface area contributed by atoms with Crippen LogP contribution in [0.5, 0.6) is 5.75 Å². The van der Waals surface area contributed by atoms with Crippen LogP contribution < -0.4 is 15.8 Å². The van der Waals surface area contributed by atoms with Crippen molar-refractivity contribution in [1.29, 1.82) is 0 Å². The fourth-order valence-electron chi connectivity index (χ4n) is 2.98. The summed E-state index contributed by atoms with van der Waals surface area (Å²) in [6.45, 7) is 2.01. The van der Waals surface area contributed by atoms with Gasteiger partial charge in [-0.3, -0.25) is 4.79 Å². The molecule has 0 fully saturated rings. The number of hydrogen-bond acceptors (Lipinski definition) is 7. The van der Waals surface area contributed by atoms with E-state index < -0.39 is 6.04 Å². The summed E-state index contributed by atoms with van der Waals surface area (Å²) in [6, 6.07) is 14.1. The molecule has 0 radical (unpaired) electrons. The highest BCUT2D eigenvalue weighted by atomic mass is 35.5. The van der Waals surface area contributed by atoms with Gasteiger partial charge in [0.1, 0.15) is 11.6 Å². The molecule has 0 aliphatic carbocycles. The quantitative estimate of drug-likeness (QED) is 0.445. The number of rotatable bonds is 10. The number of carbonyl (C=O) groups is 1. The molecular formula is C22H25ClN4O2S. The van der Waals surface area contributed by atoms with Crippen LogP contribution in [0.2, 0.25) is 5.02 Å². The number of Topliss-reactive ketones (excluding diaryl/α,β-unsaturated/α-hetero) is 1. The van der Waals surface area contributed by atoms with E-state index in [0.29, 0.717) is 40.1 Å². The molecule has 2 aromatic carbocycles. The number of nitrogens with two attached hydrogens (primary N) is 1. The molecule has 3 N–H and O–H groups in total. The van der Waals surface area contributed by atoms with Gasteiger partial charge in [-0.1, -0.05) is 30.7 Å². The first-order valence-electron chi connectivity index (χ1n) is 9.76. The molecule has 3 aromatic rings. The zero-order valence-corrected chi connectivity index (χ0v) is 18.5. The van der Waals surface area contributed by atoms with Gasteiger partial charge < -0.3 is 15.8 Å². The molecule has 6 nitrogen and oxygen atoms in total. The Hall–Kier alpha value is -2.48. The lowest BCUT2D eigenvalue weighted by Crippen LogP contribution is -2.36. The largest absolute Gasteiger partial charge is 0.497 e. The van der Waals surface area contributed by atoms with E-state index in [0.717, 1.165) is 12.0 Å². The Kier molecular flexibility index (Phi) is 7.79. The van der Waals surface area contributed by atoms with Crippen LogP contribution in [0.4, 0.5) is 5.13 Å². The second-order valence-electron chi connectivity index (χ2n) is 7.01. The summed E-state index contributed by atoms with van der Waals surface area (Å²) in [5, 5.41) is 4.55. The van der Waals surface area contributed by atoms with Gasteiger partial charge in [0.25, 0.3) is 0 Å². The number of methoxy groups -OCH3 is 1. The Balaban J connectivity index is 1.73. The Labute approximate surface area is 185 Å². The second-order valence-corrected chi connectivity index (χ2v) is 8.20. The predicted octanol–water partition coefficient (Wildman–Crippen LogP) is 4.58. The third-order valence-electron chi connectivity index (χ3n) is 4.80. The monoisotopic (exact) mass is 444 g/mol. The van der Waals surface area contributed by atoms with Crippen LogP contribution in [0.25, 0.3) is 0 Å². The Morgan fingerprint density at radius 3 is 2.53 bits per heavy atom. The SMILES string of the molecule is CCC(N)CC(Nc1nc(Cc2ccc(Cl)cc2)ns1)C(=O)c1ccc(OC)cc1. The van der Waals surface area contributed by atoms with Crippen molar-refractivity contribution in [3.63, 3.8) is 0 Å². The van der Waals surface area contributed by atoms with E-state index in [2.05, 4.69) is 14.7 Å².